The number of aliphatic hydroxyl groups excluding tert-OH is 1. The number of aliphatic hydroxyl groups is 1. The van der Waals surface area contributed by atoms with Crippen molar-refractivity contribution >= 4 is 10.9 Å². The maximum absolute atomic E-state index is 10.6. The van der Waals surface area contributed by atoms with Crippen LogP contribution >= 0.6 is 0 Å². The van der Waals surface area contributed by atoms with E-state index < -0.39 is 6.10 Å². The highest BCUT2D eigenvalue weighted by Gasteiger charge is 2.14. The molecule has 0 aliphatic rings. The molecule has 0 radical (unpaired) electrons. The molecule has 0 aliphatic carbocycles. The molecule has 2 N–H and O–H groups in total. The van der Waals surface area contributed by atoms with Crippen LogP contribution in [0.2, 0.25) is 0 Å². The SMILES string of the molecule is Cc1ccc(C(O)c2cccc3[nH]ccc23)cc1C. The highest BCUT2D eigenvalue weighted by Crippen LogP contribution is 2.29. The molecule has 2 nitrogen and oxygen atoms in total. The van der Waals surface area contributed by atoms with E-state index in [9.17, 15) is 5.11 Å². The molecule has 0 fully saturated rings. The van der Waals surface area contributed by atoms with Crippen LogP contribution in [-0.4, -0.2) is 10.1 Å². The number of aromatic nitrogens is 1. The standard InChI is InChI=1S/C17H17NO/c1-11-6-7-13(10-12(11)2)17(19)15-4-3-5-16-14(15)8-9-18-16/h3-10,17-19H,1-2H3. The number of rotatable bonds is 2. The van der Waals surface area contributed by atoms with Crippen LogP contribution in [0.1, 0.15) is 28.4 Å². The first kappa shape index (κ1) is 12.0. The molecule has 1 atom stereocenters. The van der Waals surface area contributed by atoms with Crippen molar-refractivity contribution in [2.24, 2.45) is 0 Å². The lowest BCUT2D eigenvalue weighted by atomic mass is 9.96. The fourth-order valence-electron chi connectivity index (χ4n) is 2.46. The molecule has 0 bridgehead atoms. The highest BCUT2D eigenvalue weighted by molar-refractivity contribution is 5.83. The summed E-state index contributed by atoms with van der Waals surface area (Å²) in [5, 5.41) is 11.7. The zero-order valence-electron chi connectivity index (χ0n) is 11.1. The van der Waals surface area contributed by atoms with Crippen molar-refractivity contribution in [1.82, 2.24) is 4.98 Å². The van der Waals surface area contributed by atoms with Crippen molar-refractivity contribution in [2.75, 3.05) is 0 Å². The largest absolute Gasteiger partial charge is 0.384 e. The Hall–Kier alpha value is -2.06. The summed E-state index contributed by atoms with van der Waals surface area (Å²) in [6, 6.07) is 14.1. The van der Waals surface area contributed by atoms with Crippen LogP contribution < -0.4 is 0 Å². The van der Waals surface area contributed by atoms with Gasteiger partial charge in [0.15, 0.2) is 0 Å². The summed E-state index contributed by atoms with van der Waals surface area (Å²) < 4.78 is 0. The van der Waals surface area contributed by atoms with Gasteiger partial charge in [0.1, 0.15) is 6.10 Å². The number of H-pyrrole nitrogens is 1. The molecule has 19 heavy (non-hydrogen) atoms. The van der Waals surface area contributed by atoms with Crippen LogP contribution in [-0.2, 0) is 0 Å². The summed E-state index contributed by atoms with van der Waals surface area (Å²) in [4.78, 5) is 3.18. The van der Waals surface area contributed by atoms with Crippen molar-refractivity contribution in [2.45, 2.75) is 20.0 Å². The monoisotopic (exact) mass is 251 g/mol. The van der Waals surface area contributed by atoms with Gasteiger partial charge in [-0.25, -0.2) is 0 Å². The Balaban J connectivity index is 2.10. The second kappa shape index (κ2) is 4.56. The number of benzene rings is 2. The van der Waals surface area contributed by atoms with Crippen molar-refractivity contribution in [3.8, 4) is 0 Å². The summed E-state index contributed by atoms with van der Waals surface area (Å²) >= 11 is 0. The normalized spacial score (nSPS) is 12.8. The smallest absolute Gasteiger partial charge is 0.105 e. The molecule has 0 spiro atoms. The van der Waals surface area contributed by atoms with Crippen LogP contribution in [0.25, 0.3) is 10.9 Å². The minimum atomic E-state index is -0.584. The van der Waals surface area contributed by atoms with Crippen LogP contribution in [0, 0.1) is 13.8 Å². The lowest BCUT2D eigenvalue weighted by molar-refractivity contribution is 0.222. The summed E-state index contributed by atoms with van der Waals surface area (Å²) in [6.45, 7) is 4.15. The summed E-state index contributed by atoms with van der Waals surface area (Å²) in [5.74, 6) is 0. The van der Waals surface area contributed by atoms with Gasteiger partial charge in [0, 0.05) is 17.1 Å². The number of nitrogens with one attached hydrogen (secondary N) is 1. The van der Waals surface area contributed by atoms with Gasteiger partial charge in [-0.05, 0) is 48.2 Å². The molecule has 1 heterocycles. The van der Waals surface area contributed by atoms with Gasteiger partial charge in [-0.15, -0.1) is 0 Å². The Morgan fingerprint density at radius 2 is 1.84 bits per heavy atom. The maximum Gasteiger partial charge on any atom is 0.105 e. The molecule has 0 saturated carbocycles. The average molecular weight is 251 g/mol. The van der Waals surface area contributed by atoms with Gasteiger partial charge in [0.05, 0.1) is 0 Å². The van der Waals surface area contributed by atoms with Gasteiger partial charge in [-0.1, -0.05) is 30.3 Å². The molecule has 1 unspecified atom stereocenters. The number of fused-ring (bicyclic) bond motifs is 1. The van der Waals surface area contributed by atoms with Gasteiger partial charge < -0.3 is 10.1 Å². The molecule has 2 aromatic carbocycles. The van der Waals surface area contributed by atoms with E-state index >= 15 is 0 Å². The zero-order valence-corrected chi connectivity index (χ0v) is 11.1. The molecule has 0 aliphatic heterocycles. The van der Waals surface area contributed by atoms with Crippen molar-refractivity contribution in [1.29, 1.82) is 0 Å². The predicted molar refractivity (Wildman–Crippen MR) is 78.3 cm³/mol. The Kier molecular flexibility index (Phi) is 2.88. The van der Waals surface area contributed by atoms with E-state index in [0.29, 0.717) is 0 Å². The van der Waals surface area contributed by atoms with Gasteiger partial charge >= 0.3 is 0 Å². The van der Waals surface area contributed by atoms with Gasteiger partial charge in [-0.3, -0.25) is 0 Å². The number of hydrogen-bond acceptors (Lipinski definition) is 1. The molecule has 3 aromatic rings. The van der Waals surface area contributed by atoms with Crippen LogP contribution in [0.4, 0.5) is 0 Å². The van der Waals surface area contributed by atoms with Crippen molar-refractivity contribution in [3.05, 3.63) is 70.9 Å². The molecule has 96 valence electrons. The lowest BCUT2D eigenvalue weighted by Crippen LogP contribution is -2.01. The Bertz CT molecular complexity index is 727. The molecule has 2 heteroatoms. The van der Waals surface area contributed by atoms with E-state index in [2.05, 4.69) is 31.0 Å². The number of hydrogen-bond donors (Lipinski definition) is 2. The van der Waals surface area contributed by atoms with E-state index in [0.717, 1.165) is 22.0 Å². The molecule has 0 saturated heterocycles. The van der Waals surface area contributed by atoms with Crippen LogP contribution in [0.5, 0.6) is 0 Å². The first-order valence-corrected chi connectivity index (χ1v) is 6.48. The third-order valence-corrected chi connectivity index (χ3v) is 3.77. The molecular formula is C17H17NO. The number of aryl methyl sites for hydroxylation is 2. The first-order chi connectivity index (χ1) is 9.16. The Morgan fingerprint density at radius 3 is 2.63 bits per heavy atom. The Labute approximate surface area is 112 Å². The van der Waals surface area contributed by atoms with Crippen LogP contribution in [0.3, 0.4) is 0 Å². The van der Waals surface area contributed by atoms with Crippen LogP contribution in [0.15, 0.2) is 48.7 Å². The van der Waals surface area contributed by atoms with E-state index in [4.69, 9.17) is 0 Å². The fraction of sp³-hybridized carbons (Fsp3) is 0.176. The topological polar surface area (TPSA) is 36.0 Å². The molecule has 3 rings (SSSR count). The average Bonchev–Trinajstić information content (AvgIpc) is 2.89. The third-order valence-electron chi connectivity index (χ3n) is 3.77. The van der Waals surface area contributed by atoms with Crippen molar-refractivity contribution in [3.63, 3.8) is 0 Å². The molecular weight excluding hydrogens is 234 g/mol. The summed E-state index contributed by atoms with van der Waals surface area (Å²) in [5.41, 5.74) is 5.40. The zero-order chi connectivity index (χ0) is 13.4. The van der Waals surface area contributed by atoms with Gasteiger partial charge in [0.25, 0.3) is 0 Å². The quantitative estimate of drug-likeness (QED) is 0.712. The lowest BCUT2D eigenvalue weighted by Gasteiger charge is -2.14. The van der Waals surface area contributed by atoms with E-state index in [1.807, 2.05) is 36.5 Å². The third kappa shape index (κ3) is 2.04. The van der Waals surface area contributed by atoms with E-state index in [1.165, 1.54) is 11.1 Å². The van der Waals surface area contributed by atoms with E-state index in [-0.39, 0.29) is 0 Å². The van der Waals surface area contributed by atoms with Crippen molar-refractivity contribution < 1.29 is 5.11 Å². The molecule has 0 amide bonds. The maximum atomic E-state index is 10.6. The van der Waals surface area contributed by atoms with Gasteiger partial charge in [-0.2, -0.15) is 0 Å². The fourth-order valence-corrected chi connectivity index (χ4v) is 2.46. The number of aromatic amines is 1. The van der Waals surface area contributed by atoms with Gasteiger partial charge in [0.2, 0.25) is 0 Å². The second-order valence-electron chi connectivity index (χ2n) is 5.03. The predicted octanol–water partition coefficient (Wildman–Crippen LogP) is 3.87. The Morgan fingerprint density at radius 1 is 1.00 bits per heavy atom. The molecule has 1 aromatic heterocycles. The minimum absolute atomic E-state index is 0.584. The summed E-state index contributed by atoms with van der Waals surface area (Å²) in [7, 11) is 0. The second-order valence-corrected chi connectivity index (χ2v) is 5.03. The first-order valence-electron chi connectivity index (χ1n) is 6.48. The highest BCUT2D eigenvalue weighted by atomic mass is 16.3. The minimum Gasteiger partial charge on any atom is -0.384 e. The van der Waals surface area contributed by atoms with E-state index in [1.54, 1.807) is 0 Å². The summed E-state index contributed by atoms with van der Waals surface area (Å²) in [6.07, 6.45) is 1.32.